The SMILES string of the molecule is CNC(=O)[C@H](C)N(Cc1ccc(Cl)c(Cl)c1)C(=O)CN(c1ccccc1Br)S(C)(=O)=O. The number of nitrogens with one attached hydrogen (secondary N) is 1. The Morgan fingerprint density at radius 3 is 2.32 bits per heavy atom. The van der Waals surface area contributed by atoms with Crippen LogP contribution < -0.4 is 9.62 Å². The van der Waals surface area contributed by atoms with Crippen LogP contribution in [0.4, 0.5) is 5.69 Å². The van der Waals surface area contributed by atoms with E-state index in [9.17, 15) is 18.0 Å². The van der Waals surface area contributed by atoms with E-state index in [-0.39, 0.29) is 12.5 Å². The van der Waals surface area contributed by atoms with Gasteiger partial charge in [0.05, 0.1) is 22.0 Å². The molecule has 0 fully saturated rings. The van der Waals surface area contributed by atoms with E-state index in [0.717, 1.165) is 10.6 Å². The van der Waals surface area contributed by atoms with E-state index in [0.29, 0.717) is 25.8 Å². The lowest BCUT2D eigenvalue weighted by Crippen LogP contribution is -2.50. The Balaban J connectivity index is 2.41. The van der Waals surface area contributed by atoms with Gasteiger partial charge in [0, 0.05) is 18.1 Å². The molecule has 1 N–H and O–H groups in total. The maximum atomic E-state index is 13.3. The van der Waals surface area contributed by atoms with E-state index in [4.69, 9.17) is 23.2 Å². The largest absolute Gasteiger partial charge is 0.357 e. The normalized spacial score (nSPS) is 12.2. The fourth-order valence-corrected chi connectivity index (χ4v) is 4.67. The summed E-state index contributed by atoms with van der Waals surface area (Å²) in [5.41, 5.74) is 0.964. The lowest BCUT2D eigenvalue weighted by Gasteiger charge is -2.31. The Kier molecular flexibility index (Phi) is 8.76. The van der Waals surface area contributed by atoms with Gasteiger partial charge in [-0.3, -0.25) is 13.9 Å². The van der Waals surface area contributed by atoms with Crippen molar-refractivity contribution >= 4 is 66.7 Å². The van der Waals surface area contributed by atoms with E-state index in [1.54, 1.807) is 49.4 Å². The number of rotatable bonds is 8. The monoisotopic (exact) mass is 549 g/mol. The van der Waals surface area contributed by atoms with Crippen molar-refractivity contribution in [1.29, 1.82) is 0 Å². The van der Waals surface area contributed by atoms with Crippen LogP contribution in [0, 0.1) is 0 Å². The molecule has 2 aromatic rings. The summed E-state index contributed by atoms with van der Waals surface area (Å²) in [7, 11) is -2.33. The molecule has 7 nitrogen and oxygen atoms in total. The summed E-state index contributed by atoms with van der Waals surface area (Å²) >= 11 is 15.4. The van der Waals surface area contributed by atoms with Crippen LogP contribution in [-0.2, 0) is 26.2 Å². The molecule has 2 amide bonds. The van der Waals surface area contributed by atoms with E-state index >= 15 is 0 Å². The lowest BCUT2D eigenvalue weighted by molar-refractivity contribution is -0.139. The van der Waals surface area contributed by atoms with Gasteiger partial charge in [0.2, 0.25) is 21.8 Å². The van der Waals surface area contributed by atoms with Crippen LogP contribution in [0.3, 0.4) is 0 Å². The van der Waals surface area contributed by atoms with Crippen LogP contribution in [0.25, 0.3) is 0 Å². The molecular weight excluding hydrogens is 529 g/mol. The summed E-state index contributed by atoms with van der Waals surface area (Å²) in [5, 5.41) is 3.18. The number of sulfonamides is 1. The summed E-state index contributed by atoms with van der Waals surface area (Å²) in [6.45, 7) is 1.12. The highest BCUT2D eigenvalue weighted by molar-refractivity contribution is 9.10. The fraction of sp³-hybridized carbons (Fsp3) is 0.300. The van der Waals surface area contributed by atoms with Crippen molar-refractivity contribution < 1.29 is 18.0 Å². The van der Waals surface area contributed by atoms with Crippen LogP contribution in [0.15, 0.2) is 46.9 Å². The Morgan fingerprint density at radius 1 is 1.13 bits per heavy atom. The van der Waals surface area contributed by atoms with Gasteiger partial charge in [-0.05, 0) is 52.7 Å². The minimum atomic E-state index is -3.79. The summed E-state index contributed by atoms with van der Waals surface area (Å²) in [4.78, 5) is 26.9. The molecule has 0 aromatic heterocycles. The van der Waals surface area contributed by atoms with Gasteiger partial charge < -0.3 is 10.2 Å². The van der Waals surface area contributed by atoms with Gasteiger partial charge in [0.25, 0.3) is 0 Å². The first-order valence-electron chi connectivity index (χ1n) is 9.13. The molecule has 0 unspecified atom stereocenters. The van der Waals surface area contributed by atoms with E-state index < -0.39 is 28.5 Å². The van der Waals surface area contributed by atoms with Gasteiger partial charge >= 0.3 is 0 Å². The van der Waals surface area contributed by atoms with Gasteiger partial charge in [-0.15, -0.1) is 0 Å². The molecule has 1 atom stereocenters. The molecule has 168 valence electrons. The number of anilines is 1. The highest BCUT2D eigenvalue weighted by Crippen LogP contribution is 2.28. The number of hydrogen-bond donors (Lipinski definition) is 1. The number of benzene rings is 2. The minimum Gasteiger partial charge on any atom is -0.357 e. The maximum absolute atomic E-state index is 13.3. The average molecular weight is 551 g/mol. The van der Waals surface area contributed by atoms with Crippen molar-refractivity contribution in [2.75, 3.05) is 24.2 Å². The third-order valence-electron chi connectivity index (χ3n) is 4.55. The number of halogens is 3. The molecule has 11 heteroatoms. The molecule has 0 saturated carbocycles. The van der Waals surface area contributed by atoms with Gasteiger partial charge in [-0.2, -0.15) is 0 Å². The van der Waals surface area contributed by atoms with Gasteiger partial charge in [0.15, 0.2) is 0 Å². The predicted molar refractivity (Wildman–Crippen MR) is 127 cm³/mol. The fourth-order valence-electron chi connectivity index (χ4n) is 2.87. The van der Waals surface area contributed by atoms with E-state index in [1.165, 1.54) is 11.9 Å². The van der Waals surface area contributed by atoms with Crippen LogP contribution in [0.5, 0.6) is 0 Å². The maximum Gasteiger partial charge on any atom is 0.244 e. The number of amides is 2. The van der Waals surface area contributed by atoms with Crippen molar-refractivity contribution in [3.8, 4) is 0 Å². The summed E-state index contributed by atoms with van der Waals surface area (Å²) in [5.74, 6) is -0.941. The third-order valence-corrected chi connectivity index (χ3v) is 7.09. The van der Waals surface area contributed by atoms with Crippen molar-refractivity contribution in [1.82, 2.24) is 10.2 Å². The summed E-state index contributed by atoms with van der Waals surface area (Å²) in [6.07, 6.45) is 1.02. The molecule has 31 heavy (non-hydrogen) atoms. The zero-order valence-electron chi connectivity index (χ0n) is 17.1. The van der Waals surface area contributed by atoms with Crippen molar-refractivity contribution in [3.63, 3.8) is 0 Å². The number of para-hydroxylation sites is 1. The number of carbonyl (C=O) groups excluding carboxylic acids is 2. The Hall–Kier alpha value is -1.81. The second kappa shape index (κ2) is 10.7. The molecule has 2 aromatic carbocycles. The topological polar surface area (TPSA) is 86.8 Å². The average Bonchev–Trinajstić information content (AvgIpc) is 2.71. The first-order valence-corrected chi connectivity index (χ1v) is 12.5. The molecule has 0 aliphatic carbocycles. The molecule has 2 rings (SSSR count). The number of nitrogens with zero attached hydrogens (tertiary/aromatic N) is 2. The smallest absolute Gasteiger partial charge is 0.244 e. The number of likely N-dealkylation sites (N-methyl/N-ethyl adjacent to an activating group) is 1. The highest BCUT2D eigenvalue weighted by Gasteiger charge is 2.30. The number of carbonyl (C=O) groups is 2. The first kappa shape index (κ1) is 25.5. The van der Waals surface area contributed by atoms with Crippen molar-refractivity contribution in [2.45, 2.75) is 19.5 Å². The molecular formula is C20H22BrCl2N3O4S. The molecule has 0 heterocycles. The molecule has 0 radical (unpaired) electrons. The third kappa shape index (κ3) is 6.58. The lowest BCUT2D eigenvalue weighted by atomic mass is 10.1. The quantitative estimate of drug-likeness (QED) is 0.543. The first-order chi connectivity index (χ1) is 14.5. The van der Waals surface area contributed by atoms with E-state index in [1.807, 2.05) is 0 Å². The Labute approximate surface area is 200 Å². The second-order valence-electron chi connectivity index (χ2n) is 6.78. The predicted octanol–water partition coefficient (Wildman–Crippen LogP) is 3.69. The molecule has 0 aliphatic heterocycles. The zero-order chi connectivity index (χ0) is 23.3. The molecule has 0 spiro atoms. The second-order valence-corrected chi connectivity index (χ2v) is 10.4. The van der Waals surface area contributed by atoms with Crippen LogP contribution >= 0.6 is 39.1 Å². The van der Waals surface area contributed by atoms with Gasteiger partial charge in [-0.1, -0.05) is 41.4 Å². The molecule has 0 saturated heterocycles. The molecule has 0 aliphatic rings. The zero-order valence-corrected chi connectivity index (χ0v) is 21.0. The van der Waals surface area contributed by atoms with E-state index in [2.05, 4.69) is 21.2 Å². The standard InChI is InChI=1S/C20H22BrCl2N3O4S/c1-13(20(28)24-2)25(11-14-8-9-16(22)17(23)10-14)19(27)12-26(31(3,29)30)18-7-5-4-6-15(18)21/h4-10,13H,11-12H2,1-3H3,(H,24,28)/t13-/m0/s1. The summed E-state index contributed by atoms with van der Waals surface area (Å²) in [6, 6.07) is 10.7. The van der Waals surface area contributed by atoms with Crippen LogP contribution in [-0.4, -0.2) is 51.0 Å². The molecule has 0 bridgehead atoms. The summed E-state index contributed by atoms with van der Waals surface area (Å²) < 4.78 is 26.4. The van der Waals surface area contributed by atoms with Crippen LogP contribution in [0.1, 0.15) is 12.5 Å². The van der Waals surface area contributed by atoms with Gasteiger partial charge in [0.1, 0.15) is 12.6 Å². The Bertz CT molecular complexity index is 1080. The minimum absolute atomic E-state index is 0.0396. The van der Waals surface area contributed by atoms with Crippen molar-refractivity contribution in [3.05, 3.63) is 62.5 Å². The van der Waals surface area contributed by atoms with Crippen molar-refractivity contribution in [2.24, 2.45) is 0 Å². The van der Waals surface area contributed by atoms with Crippen LogP contribution in [0.2, 0.25) is 10.0 Å². The highest BCUT2D eigenvalue weighted by atomic mass is 79.9. The Morgan fingerprint density at radius 2 is 1.77 bits per heavy atom. The number of hydrogen-bond acceptors (Lipinski definition) is 4. The van der Waals surface area contributed by atoms with Gasteiger partial charge in [-0.25, -0.2) is 8.42 Å².